The summed E-state index contributed by atoms with van der Waals surface area (Å²) in [4.78, 5) is 22.0. The molecule has 0 saturated heterocycles. The molecule has 2 rings (SSSR count). The lowest BCUT2D eigenvalue weighted by molar-refractivity contribution is -0.132. The lowest BCUT2D eigenvalue weighted by Crippen LogP contribution is -2.02. The molecule has 2 aromatic rings. The number of carboxylic acid groups (broad SMARTS) is 2. The van der Waals surface area contributed by atoms with Crippen LogP contribution in [0.3, 0.4) is 0 Å². The monoisotopic (exact) mass is 282 g/mol. The van der Waals surface area contributed by atoms with Crippen molar-refractivity contribution in [3.63, 3.8) is 0 Å². The molecule has 0 amide bonds. The van der Waals surface area contributed by atoms with E-state index < -0.39 is 11.9 Å². The van der Waals surface area contributed by atoms with Crippen molar-refractivity contribution in [3.05, 3.63) is 65.3 Å². The van der Waals surface area contributed by atoms with E-state index in [4.69, 9.17) is 5.11 Å². The molecule has 2 aromatic carbocycles. The Morgan fingerprint density at radius 2 is 1.62 bits per heavy atom. The quantitative estimate of drug-likeness (QED) is 0.666. The zero-order valence-electron chi connectivity index (χ0n) is 11.4. The first-order valence-electron chi connectivity index (χ1n) is 6.33. The number of aliphatic carboxylic acids is 2. The van der Waals surface area contributed by atoms with Crippen molar-refractivity contribution in [2.75, 3.05) is 0 Å². The van der Waals surface area contributed by atoms with Crippen LogP contribution >= 0.6 is 0 Å². The molecule has 0 atom stereocenters. The maximum Gasteiger partial charge on any atom is 0.335 e. The second-order valence-electron chi connectivity index (χ2n) is 4.64. The average molecular weight is 282 g/mol. The number of benzene rings is 2. The Bertz CT molecular complexity index is 769. The van der Waals surface area contributed by atoms with E-state index in [0.29, 0.717) is 5.56 Å². The zero-order chi connectivity index (χ0) is 15.4. The van der Waals surface area contributed by atoms with E-state index in [0.717, 1.165) is 16.8 Å². The summed E-state index contributed by atoms with van der Waals surface area (Å²) >= 11 is 0. The molecule has 0 radical (unpaired) electrons. The van der Waals surface area contributed by atoms with Crippen LogP contribution in [0.25, 0.3) is 16.8 Å². The molecule has 0 spiro atoms. The summed E-state index contributed by atoms with van der Waals surface area (Å²) in [5.74, 6) is -2.30. The van der Waals surface area contributed by atoms with E-state index in [1.165, 1.54) is 13.0 Å². The molecule has 0 unspecified atom stereocenters. The van der Waals surface area contributed by atoms with Crippen LogP contribution in [0.2, 0.25) is 0 Å². The van der Waals surface area contributed by atoms with Crippen molar-refractivity contribution < 1.29 is 19.8 Å². The molecule has 0 saturated carbocycles. The molecule has 4 nitrogen and oxygen atoms in total. The Morgan fingerprint density at radius 1 is 0.952 bits per heavy atom. The van der Waals surface area contributed by atoms with Gasteiger partial charge in [0.05, 0.1) is 5.57 Å². The van der Waals surface area contributed by atoms with Crippen molar-refractivity contribution in [2.24, 2.45) is 0 Å². The van der Waals surface area contributed by atoms with Gasteiger partial charge in [-0.05, 0) is 41.5 Å². The standard InChI is InChI=1S/C17H14O4/c1-11(16(18)19)8-15(17(20)21)10-12-6-7-13-4-2-3-5-14(13)9-12/h2-10H,1H3,(H,18,19)(H,20,21). The smallest absolute Gasteiger partial charge is 0.335 e. The fourth-order valence-electron chi connectivity index (χ4n) is 1.94. The van der Waals surface area contributed by atoms with Crippen molar-refractivity contribution in [1.82, 2.24) is 0 Å². The SMILES string of the molecule is CC(=CC(=Cc1ccc2ccccc2c1)C(=O)O)C(=O)O. The Kier molecular flexibility index (Phi) is 4.18. The normalized spacial score (nSPS) is 12.4. The van der Waals surface area contributed by atoms with Crippen LogP contribution in [-0.4, -0.2) is 22.2 Å². The van der Waals surface area contributed by atoms with Crippen LogP contribution in [-0.2, 0) is 9.59 Å². The van der Waals surface area contributed by atoms with E-state index in [1.54, 1.807) is 6.07 Å². The van der Waals surface area contributed by atoms with E-state index >= 15 is 0 Å². The maximum absolute atomic E-state index is 11.2. The fraction of sp³-hybridized carbons (Fsp3) is 0.0588. The topological polar surface area (TPSA) is 74.6 Å². The Labute approximate surface area is 121 Å². The van der Waals surface area contributed by atoms with Gasteiger partial charge in [0.1, 0.15) is 0 Å². The molecule has 2 N–H and O–H groups in total. The van der Waals surface area contributed by atoms with E-state index in [2.05, 4.69) is 0 Å². The molecule has 0 aliphatic rings. The molecule has 0 fully saturated rings. The lowest BCUT2D eigenvalue weighted by Gasteiger charge is -2.01. The van der Waals surface area contributed by atoms with Gasteiger partial charge >= 0.3 is 11.9 Å². The van der Waals surface area contributed by atoms with Gasteiger partial charge in [-0.1, -0.05) is 36.4 Å². The minimum Gasteiger partial charge on any atom is -0.478 e. The fourth-order valence-corrected chi connectivity index (χ4v) is 1.94. The average Bonchev–Trinajstić information content (AvgIpc) is 2.46. The third-order valence-corrected chi connectivity index (χ3v) is 3.05. The summed E-state index contributed by atoms with van der Waals surface area (Å²) in [7, 11) is 0. The predicted molar refractivity (Wildman–Crippen MR) is 81.0 cm³/mol. The summed E-state index contributed by atoms with van der Waals surface area (Å²) in [6, 6.07) is 13.3. The summed E-state index contributed by atoms with van der Waals surface area (Å²) in [6.45, 7) is 1.36. The number of carbonyl (C=O) groups is 2. The van der Waals surface area contributed by atoms with Crippen molar-refractivity contribution >= 4 is 28.8 Å². The molecule has 0 aliphatic heterocycles. The van der Waals surface area contributed by atoms with Gasteiger partial charge in [0.2, 0.25) is 0 Å². The lowest BCUT2D eigenvalue weighted by atomic mass is 10.0. The van der Waals surface area contributed by atoms with Gasteiger partial charge in [0.25, 0.3) is 0 Å². The minimum atomic E-state index is -1.16. The molecular formula is C17H14O4. The third-order valence-electron chi connectivity index (χ3n) is 3.05. The maximum atomic E-state index is 11.2. The number of carboxylic acids is 2. The summed E-state index contributed by atoms with van der Waals surface area (Å²) in [5.41, 5.74) is 0.621. The highest BCUT2D eigenvalue weighted by atomic mass is 16.4. The molecule has 0 bridgehead atoms. The van der Waals surface area contributed by atoms with Crippen LogP contribution in [0, 0.1) is 0 Å². The third kappa shape index (κ3) is 3.57. The predicted octanol–water partition coefficient (Wildman–Crippen LogP) is 3.34. The second-order valence-corrected chi connectivity index (χ2v) is 4.64. The van der Waals surface area contributed by atoms with Crippen LogP contribution in [0.4, 0.5) is 0 Å². The largest absolute Gasteiger partial charge is 0.478 e. The molecule has 21 heavy (non-hydrogen) atoms. The first-order valence-corrected chi connectivity index (χ1v) is 6.33. The molecule has 106 valence electrons. The first-order chi connectivity index (χ1) is 9.97. The molecule has 0 aliphatic carbocycles. The van der Waals surface area contributed by atoms with Gasteiger partial charge in [-0.25, -0.2) is 9.59 Å². The highest BCUT2D eigenvalue weighted by Crippen LogP contribution is 2.18. The van der Waals surface area contributed by atoms with Crippen LogP contribution < -0.4 is 0 Å². The summed E-state index contributed by atoms with van der Waals surface area (Å²) in [6.07, 6.45) is 2.61. The first kappa shape index (κ1) is 14.5. The number of fused-ring (bicyclic) bond motifs is 1. The molecular weight excluding hydrogens is 268 g/mol. The van der Waals surface area contributed by atoms with Crippen LogP contribution in [0.1, 0.15) is 12.5 Å². The van der Waals surface area contributed by atoms with Crippen molar-refractivity contribution in [2.45, 2.75) is 6.92 Å². The van der Waals surface area contributed by atoms with Gasteiger partial charge in [-0.3, -0.25) is 0 Å². The summed E-state index contributed by atoms with van der Waals surface area (Å²) < 4.78 is 0. The van der Waals surface area contributed by atoms with Crippen molar-refractivity contribution in [1.29, 1.82) is 0 Å². The van der Waals surface area contributed by atoms with E-state index in [1.807, 2.05) is 36.4 Å². The molecule has 0 heterocycles. The zero-order valence-corrected chi connectivity index (χ0v) is 11.4. The Hall–Kier alpha value is -2.88. The Balaban J connectivity index is 2.47. The number of rotatable bonds is 4. The number of hydrogen-bond acceptors (Lipinski definition) is 2. The summed E-state index contributed by atoms with van der Waals surface area (Å²) in [5, 5.41) is 20.1. The molecule has 4 heteroatoms. The van der Waals surface area contributed by atoms with E-state index in [-0.39, 0.29) is 11.1 Å². The Morgan fingerprint density at radius 3 is 2.24 bits per heavy atom. The van der Waals surface area contributed by atoms with Gasteiger partial charge in [-0.15, -0.1) is 0 Å². The van der Waals surface area contributed by atoms with Crippen LogP contribution in [0.5, 0.6) is 0 Å². The molecule has 0 aromatic heterocycles. The number of hydrogen-bond donors (Lipinski definition) is 2. The van der Waals surface area contributed by atoms with Gasteiger partial charge in [-0.2, -0.15) is 0 Å². The van der Waals surface area contributed by atoms with Crippen LogP contribution in [0.15, 0.2) is 59.7 Å². The van der Waals surface area contributed by atoms with Gasteiger partial charge < -0.3 is 10.2 Å². The van der Waals surface area contributed by atoms with Gasteiger partial charge in [0, 0.05) is 5.57 Å². The minimum absolute atomic E-state index is 0.0237. The highest BCUT2D eigenvalue weighted by molar-refractivity contribution is 5.99. The second kappa shape index (κ2) is 6.05. The van der Waals surface area contributed by atoms with Crippen molar-refractivity contribution in [3.8, 4) is 0 Å². The van der Waals surface area contributed by atoms with E-state index in [9.17, 15) is 14.7 Å². The van der Waals surface area contributed by atoms with Gasteiger partial charge in [0.15, 0.2) is 0 Å². The highest BCUT2D eigenvalue weighted by Gasteiger charge is 2.08.